The van der Waals surface area contributed by atoms with E-state index in [9.17, 15) is 0 Å². The average Bonchev–Trinajstić information content (AvgIpc) is 2.61. The van der Waals surface area contributed by atoms with E-state index in [1.807, 2.05) is 0 Å². The van der Waals surface area contributed by atoms with Crippen molar-refractivity contribution in [2.75, 3.05) is 19.6 Å². The first-order valence-corrected chi connectivity index (χ1v) is 4.39. The first kappa shape index (κ1) is 5.81. The number of halogens is 1. The molecule has 2 nitrogen and oxygen atoms in total. The number of piperidine rings is 3. The van der Waals surface area contributed by atoms with Crippen LogP contribution in [0.4, 0.5) is 0 Å². The Morgan fingerprint density at radius 3 is 3.00 bits per heavy atom. The van der Waals surface area contributed by atoms with Gasteiger partial charge < -0.3 is 10.2 Å². The average molecular weight is 159 g/mol. The first-order chi connectivity index (χ1) is 4.81. The molecule has 56 valence electrons. The lowest BCUT2D eigenvalue weighted by molar-refractivity contribution is 0.164. The van der Waals surface area contributed by atoms with Crippen LogP contribution in [0, 0.1) is 0 Å². The highest BCUT2D eigenvalue weighted by atomic mass is 35.5. The van der Waals surface area contributed by atoms with Gasteiger partial charge in [-0.2, -0.15) is 0 Å². The van der Waals surface area contributed by atoms with Crippen molar-refractivity contribution in [1.29, 1.82) is 0 Å². The second kappa shape index (κ2) is 1.52. The van der Waals surface area contributed by atoms with Crippen molar-refractivity contribution in [3.8, 4) is 0 Å². The number of hydrogen-bond donors (Lipinski definition) is 1. The molecule has 0 aliphatic carbocycles. The summed E-state index contributed by atoms with van der Waals surface area (Å²) < 4.78 is 0. The second-order valence-corrected chi connectivity index (χ2v) is 4.24. The molecule has 4 rings (SSSR count). The number of nitrogens with zero attached hydrogens (tertiary/aromatic N) is 1. The highest BCUT2D eigenvalue weighted by Crippen LogP contribution is 2.45. The zero-order valence-electron chi connectivity index (χ0n) is 5.81. The third kappa shape index (κ3) is 0.500. The molecule has 4 aliphatic heterocycles. The van der Waals surface area contributed by atoms with Crippen LogP contribution in [0.5, 0.6) is 0 Å². The van der Waals surface area contributed by atoms with Crippen LogP contribution in [0.25, 0.3) is 0 Å². The maximum atomic E-state index is 6.19. The Hall–Kier alpha value is 0.210. The molecule has 0 amide bonds. The molecule has 4 fully saturated rings. The van der Waals surface area contributed by atoms with E-state index in [2.05, 4.69) is 10.2 Å². The third-order valence-electron chi connectivity index (χ3n) is 3.24. The van der Waals surface area contributed by atoms with Crippen LogP contribution in [0.2, 0.25) is 0 Å². The molecule has 0 radical (unpaired) electrons. The molecule has 1 spiro atoms. The van der Waals surface area contributed by atoms with Crippen LogP contribution < -0.4 is 5.32 Å². The molecule has 4 heterocycles. The van der Waals surface area contributed by atoms with Crippen molar-refractivity contribution in [1.82, 2.24) is 10.2 Å². The van der Waals surface area contributed by atoms with Crippen LogP contribution in [0.15, 0.2) is 0 Å². The number of nitrogens with one attached hydrogen (secondary N) is 1. The van der Waals surface area contributed by atoms with Gasteiger partial charge >= 0.3 is 0 Å². The summed E-state index contributed by atoms with van der Waals surface area (Å²) >= 11 is 6.19. The molecule has 4 unspecified atom stereocenters. The smallest absolute Gasteiger partial charge is 0.0661 e. The van der Waals surface area contributed by atoms with Gasteiger partial charge in [0.1, 0.15) is 0 Å². The topological polar surface area (TPSA) is 25.2 Å². The van der Waals surface area contributed by atoms with Gasteiger partial charge in [0.15, 0.2) is 0 Å². The van der Waals surface area contributed by atoms with Crippen molar-refractivity contribution in [3.05, 3.63) is 0 Å². The SMILES string of the molecule is ClC1CN2CCC13NC3C2. The highest BCUT2D eigenvalue weighted by molar-refractivity contribution is 6.22. The van der Waals surface area contributed by atoms with Crippen molar-refractivity contribution < 1.29 is 0 Å². The summed E-state index contributed by atoms with van der Waals surface area (Å²) in [6.07, 6.45) is 1.27. The van der Waals surface area contributed by atoms with Crippen LogP contribution in [0.1, 0.15) is 6.42 Å². The van der Waals surface area contributed by atoms with Gasteiger partial charge in [0.25, 0.3) is 0 Å². The molecule has 2 bridgehead atoms. The molecule has 0 aromatic carbocycles. The normalized spacial score (nSPS) is 63.9. The molecule has 0 aromatic heterocycles. The lowest BCUT2D eigenvalue weighted by Crippen LogP contribution is -2.54. The summed E-state index contributed by atoms with van der Waals surface area (Å²) in [7, 11) is 0. The predicted molar refractivity (Wildman–Crippen MR) is 40.4 cm³/mol. The Bertz CT molecular complexity index is 184. The lowest BCUT2D eigenvalue weighted by Gasteiger charge is -2.40. The molecule has 0 saturated carbocycles. The molecule has 0 aromatic rings. The monoisotopic (exact) mass is 158 g/mol. The Morgan fingerprint density at radius 1 is 1.50 bits per heavy atom. The fraction of sp³-hybridized carbons (Fsp3) is 1.00. The summed E-state index contributed by atoms with van der Waals surface area (Å²) in [5, 5.41) is 3.89. The molecule has 4 aliphatic rings. The number of alkyl halides is 1. The van der Waals surface area contributed by atoms with Gasteiger partial charge in [0.05, 0.1) is 10.9 Å². The van der Waals surface area contributed by atoms with E-state index in [4.69, 9.17) is 11.6 Å². The zero-order chi connectivity index (χ0) is 6.77. The number of rotatable bonds is 0. The highest BCUT2D eigenvalue weighted by Gasteiger charge is 2.63. The summed E-state index contributed by atoms with van der Waals surface area (Å²) in [4.78, 5) is 2.46. The van der Waals surface area contributed by atoms with Gasteiger partial charge in [-0.3, -0.25) is 0 Å². The fourth-order valence-electron chi connectivity index (χ4n) is 2.45. The molecule has 4 atom stereocenters. The van der Waals surface area contributed by atoms with Crippen molar-refractivity contribution in [2.45, 2.75) is 23.4 Å². The Kier molecular flexibility index (Phi) is 0.883. The number of fused-ring (bicyclic) bond motifs is 2. The van der Waals surface area contributed by atoms with Gasteiger partial charge in [-0.15, -0.1) is 11.6 Å². The van der Waals surface area contributed by atoms with Crippen LogP contribution in [-0.4, -0.2) is 41.5 Å². The molecular formula is C7H11ClN2. The molecule has 3 heteroatoms. The van der Waals surface area contributed by atoms with Crippen LogP contribution in [0.3, 0.4) is 0 Å². The standard InChI is InChI=1S/C7H11ClN2/c8-5-3-10-2-1-7(5)6(4-10)9-7/h5-6,9H,1-4H2. The minimum absolute atomic E-state index is 0.375. The maximum absolute atomic E-state index is 6.19. The fourth-order valence-corrected chi connectivity index (χ4v) is 2.97. The van der Waals surface area contributed by atoms with Crippen LogP contribution >= 0.6 is 11.6 Å². The third-order valence-corrected chi connectivity index (χ3v) is 3.77. The maximum Gasteiger partial charge on any atom is 0.0661 e. The largest absolute Gasteiger partial charge is 0.302 e. The van der Waals surface area contributed by atoms with E-state index in [1.54, 1.807) is 0 Å². The van der Waals surface area contributed by atoms with Crippen molar-refractivity contribution in [3.63, 3.8) is 0 Å². The lowest BCUT2D eigenvalue weighted by atomic mass is 9.87. The summed E-state index contributed by atoms with van der Waals surface area (Å²) in [6, 6.07) is 0.734. The van der Waals surface area contributed by atoms with Gasteiger partial charge in [-0.1, -0.05) is 0 Å². The van der Waals surface area contributed by atoms with E-state index >= 15 is 0 Å². The molecule has 10 heavy (non-hydrogen) atoms. The van der Waals surface area contributed by atoms with Gasteiger partial charge in [0, 0.05) is 25.7 Å². The second-order valence-electron chi connectivity index (χ2n) is 3.71. The van der Waals surface area contributed by atoms with Gasteiger partial charge in [-0.05, 0) is 6.42 Å². The Balaban J connectivity index is 1.97. The Morgan fingerprint density at radius 2 is 2.40 bits per heavy atom. The minimum atomic E-state index is 0.375. The summed E-state index contributed by atoms with van der Waals surface area (Å²) in [5.41, 5.74) is 0.385. The van der Waals surface area contributed by atoms with E-state index in [-0.39, 0.29) is 0 Å². The summed E-state index contributed by atoms with van der Waals surface area (Å²) in [5.74, 6) is 0. The quantitative estimate of drug-likeness (QED) is 0.398. The zero-order valence-corrected chi connectivity index (χ0v) is 6.56. The first-order valence-electron chi connectivity index (χ1n) is 3.95. The van der Waals surface area contributed by atoms with E-state index < -0.39 is 0 Å². The van der Waals surface area contributed by atoms with Crippen molar-refractivity contribution >= 4 is 11.6 Å². The van der Waals surface area contributed by atoms with Crippen LogP contribution in [-0.2, 0) is 0 Å². The van der Waals surface area contributed by atoms with Crippen molar-refractivity contribution in [2.24, 2.45) is 0 Å². The molecular weight excluding hydrogens is 148 g/mol. The van der Waals surface area contributed by atoms with Gasteiger partial charge in [0.2, 0.25) is 0 Å². The molecule has 1 N–H and O–H groups in total. The van der Waals surface area contributed by atoms with E-state index in [1.165, 1.54) is 19.5 Å². The van der Waals surface area contributed by atoms with E-state index in [0.29, 0.717) is 10.9 Å². The van der Waals surface area contributed by atoms with Gasteiger partial charge in [-0.25, -0.2) is 0 Å². The molecule has 4 saturated heterocycles. The minimum Gasteiger partial charge on any atom is -0.302 e. The van der Waals surface area contributed by atoms with E-state index in [0.717, 1.165) is 12.6 Å². The number of hydrogen-bond acceptors (Lipinski definition) is 2. The summed E-state index contributed by atoms with van der Waals surface area (Å²) in [6.45, 7) is 3.60. The predicted octanol–water partition coefficient (Wildman–Crippen LogP) is 0.0237. The Labute approximate surface area is 65.5 Å².